The summed E-state index contributed by atoms with van der Waals surface area (Å²) in [5.41, 5.74) is 0. The van der Waals surface area contributed by atoms with Crippen LogP contribution in [0.15, 0.2) is 12.2 Å². The number of allylic oxidation sites excluding steroid dienone is 1. The summed E-state index contributed by atoms with van der Waals surface area (Å²) in [7, 11) is 0. The molecular weight excluding hydrogens is 308 g/mol. The van der Waals surface area contributed by atoms with Gasteiger partial charge in [0.1, 0.15) is 0 Å². The molecule has 0 aromatic carbocycles. The van der Waals surface area contributed by atoms with E-state index in [1.807, 2.05) is 6.08 Å². The van der Waals surface area contributed by atoms with Crippen molar-refractivity contribution >= 4 is 15.9 Å². The van der Waals surface area contributed by atoms with E-state index < -0.39 is 6.10 Å². The zero-order valence-electron chi connectivity index (χ0n) is 11.2. The molecule has 3 nitrogen and oxygen atoms in total. The zero-order chi connectivity index (χ0) is 13.8. The number of aliphatic hydroxyl groups is 1. The van der Waals surface area contributed by atoms with Gasteiger partial charge in [-0.25, -0.2) is 0 Å². The Bertz CT molecular complexity index is 363. The third-order valence-electron chi connectivity index (χ3n) is 3.86. The van der Waals surface area contributed by atoms with E-state index in [0.717, 1.165) is 19.3 Å². The topological polar surface area (TPSA) is 38.7 Å². The van der Waals surface area contributed by atoms with Crippen LogP contribution < -0.4 is 0 Å². The molecule has 2 rings (SSSR count). The molecule has 2 aliphatic heterocycles. The van der Waals surface area contributed by atoms with Gasteiger partial charge in [0.15, 0.2) is 0 Å². The average Bonchev–Trinajstić information content (AvgIpc) is 2.79. The van der Waals surface area contributed by atoms with Crippen molar-refractivity contribution in [1.29, 1.82) is 0 Å². The maximum atomic E-state index is 10.2. The predicted molar refractivity (Wildman–Crippen MR) is 78.2 cm³/mol. The molecule has 0 spiro atoms. The van der Waals surface area contributed by atoms with Crippen LogP contribution in [0.4, 0.5) is 0 Å². The molecule has 106 valence electrons. The van der Waals surface area contributed by atoms with Crippen LogP contribution in [0, 0.1) is 12.3 Å². The molecule has 2 heterocycles. The monoisotopic (exact) mass is 328 g/mol. The lowest BCUT2D eigenvalue weighted by Gasteiger charge is -2.30. The van der Waals surface area contributed by atoms with Gasteiger partial charge in [0.2, 0.25) is 0 Å². The van der Waals surface area contributed by atoms with Crippen LogP contribution in [0.1, 0.15) is 32.6 Å². The molecule has 0 saturated carbocycles. The van der Waals surface area contributed by atoms with Gasteiger partial charge < -0.3 is 14.6 Å². The summed E-state index contributed by atoms with van der Waals surface area (Å²) < 4.78 is 12.1. The fourth-order valence-corrected chi connectivity index (χ4v) is 3.69. The Kier molecular flexibility index (Phi) is 5.47. The Hall–Kier alpha value is -0.340. The molecule has 0 amide bonds. The summed E-state index contributed by atoms with van der Waals surface area (Å²) in [6.45, 7) is 2.10. The third kappa shape index (κ3) is 3.61. The number of rotatable bonds is 3. The standard InChI is InChI=1S/C15H21BrO3/c1-3-5-6-7-13-15-9-14(19-13)11(17)8-10(16)12(4-2)18-15/h1,5-6,10-15,17H,4,7-9H2,2H3/b6-5+/t10-,11+,12+,13-,14-,15-/m1/s1. The molecule has 0 radical (unpaired) electrons. The first kappa shape index (κ1) is 15.1. The van der Waals surface area contributed by atoms with Crippen molar-refractivity contribution in [2.75, 3.05) is 0 Å². The van der Waals surface area contributed by atoms with Gasteiger partial charge >= 0.3 is 0 Å². The summed E-state index contributed by atoms with van der Waals surface area (Å²) >= 11 is 3.63. The summed E-state index contributed by atoms with van der Waals surface area (Å²) in [6, 6.07) is 0. The van der Waals surface area contributed by atoms with E-state index in [1.165, 1.54) is 0 Å². The van der Waals surface area contributed by atoms with Crippen molar-refractivity contribution in [2.45, 2.75) is 68.0 Å². The Balaban J connectivity index is 2.07. The second-order valence-electron chi connectivity index (χ2n) is 5.19. The fourth-order valence-electron chi connectivity index (χ4n) is 2.81. The number of alkyl halides is 1. The third-order valence-corrected chi connectivity index (χ3v) is 4.83. The van der Waals surface area contributed by atoms with Crippen molar-refractivity contribution in [3.8, 4) is 12.3 Å². The molecule has 2 bridgehead atoms. The highest BCUT2D eigenvalue weighted by molar-refractivity contribution is 9.09. The van der Waals surface area contributed by atoms with Gasteiger partial charge in [-0.05, 0) is 25.3 Å². The van der Waals surface area contributed by atoms with E-state index in [-0.39, 0.29) is 29.2 Å². The average molecular weight is 329 g/mol. The maximum Gasteiger partial charge on any atom is 0.0877 e. The molecule has 0 aliphatic carbocycles. The SMILES string of the molecule is C#C/C=C/C[C@H]1O[C@@H]2C[C@H]1O[C@@H](CC)[C@H](Br)C[C@@H]2O. The normalized spacial score (nSPS) is 42.8. The lowest BCUT2D eigenvalue weighted by atomic mass is 9.97. The second kappa shape index (κ2) is 6.90. The number of ether oxygens (including phenoxy) is 2. The predicted octanol–water partition coefficient (Wildman–Crippen LogP) is 2.42. The van der Waals surface area contributed by atoms with E-state index in [4.69, 9.17) is 15.9 Å². The van der Waals surface area contributed by atoms with E-state index in [1.54, 1.807) is 6.08 Å². The van der Waals surface area contributed by atoms with Crippen molar-refractivity contribution in [2.24, 2.45) is 0 Å². The summed E-state index contributed by atoms with van der Waals surface area (Å²) in [4.78, 5) is 0.182. The largest absolute Gasteiger partial charge is 0.390 e. The molecular formula is C15H21BrO3. The Morgan fingerprint density at radius 1 is 1.32 bits per heavy atom. The number of hydrogen-bond acceptors (Lipinski definition) is 3. The van der Waals surface area contributed by atoms with Crippen molar-refractivity contribution in [3.05, 3.63) is 12.2 Å². The van der Waals surface area contributed by atoms with Crippen LogP contribution in [0.25, 0.3) is 0 Å². The fraction of sp³-hybridized carbons (Fsp3) is 0.733. The minimum absolute atomic E-state index is 0.00361. The Labute approximate surface area is 123 Å². The minimum Gasteiger partial charge on any atom is -0.390 e. The van der Waals surface area contributed by atoms with Gasteiger partial charge in [0.05, 0.1) is 30.5 Å². The zero-order valence-corrected chi connectivity index (χ0v) is 12.8. The number of aliphatic hydroxyl groups excluding tert-OH is 1. The molecule has 2 fully saturated rings. The molecule has 2 aliphatic rings. The highest BCUT2D eigenvalue weighted by Gasteiger charge is 2.43. The number of hydrogen-bond donors (Lipinski definition) is 1. The van der Waals surface area contributed by atoms with Crippen LogP contribution >= 0.6 is 15.9 Å². The van der Waals surface area contributed by atoms with Crippen molar-refractivity contribution < 1.29 is 14.6 Å². The van der Waals surface area contributed by atoms with Gasteiger partial charge in [0, 0.05) is 11.2 Å². The highest BCUT2D eigenvalue weighted by atomic mass is 79.9. The first-order valence-electron chi connectivity index (χ1n) is 6.89. The van der Waals surface area contributed by atoms with E-state index in [2.05, 4.69) is 28.8 Å². The number of fused-ring (bicyclic) bond motifs is 2. The van der Waals surface area contributed by atoms with E-state index >= 15 is 0 Å². The van der Waals surface area contributed by atoms with Crippen LogP contribution in [0.3, 0.4) is 0 Å². The summed E-state index contributed by atoms with van der Waals surface area (Å²) in [5.74, 6) is 2.48. The van der Waals surface area contributed by atoms with Gasteiger partial charge in [-0.3, -0.25) is 0 Å². The first-order chi connectivity index (χ1) is 9.15. The van der Waals surface area contributed by atoms with Crippen LogP contribution in [0.2, 0.25) is 0 Å². The molecule has 1 N–H and O–H groups in total. The van der Waals surface area contributed by atoms with Crippen molar-refractivity contribution in [1.82, 2.24) is 0 Å². The molecule has 6 atom stereocenters. The number of terminal acetylenes is 1. The van der Waals surface area contributed by atoms with Crippen LogP contribution in [0.5, 0.6) is 0 Å². The van der Waals surface area contributed by atoms with E-state index in [0.29, 0.717) is 6.42 Å². The van der Waals surface area contributed by atoms with E-state index in [9.17, 15) is 5.11 Å². The molecule has 4 heteroatoms. The van der Waals surface area contributed by atoms with Gasteiger partial charge in [-0.1, -0.05) is 34.9 Å². The van der Waals surface area contributed by atoms with Gasteiger partial charge in [-0.2, -0.15) is 0 Å². The smallest absolute Gasteiger partial charge is 0.0877 e. The maximum absolute atomic E-state index is 10.2. The molecule has 19 heavy (non-hydrogen) atoms. The molecule has 2 saturated heterocycles. The van der Waals surface area contributed by atoms with Gasteiger partial charge in [-0.15, -0.1) is 6.42 Å². The summed E-state index contributed by atoms with van der Waals surface area (Å²) in [6.07, 6.45) is 11.6. The highest BCUT2D eigenvalue weighted by Crippen LogP contribution is 2.35. The Morgan fingerprint density at radius 2 is 2.05 bits per heavy atom. The van der Waals surface area contributed by atoms with Crippen LogP contribution in [-0.2, 0) is 9.47 Å². The summed E-state index contributed by atoms with van der Waals surface area (Å²) in [5, 5.41) is 10.2. The Morgan fingerprint density at radius 3 is 2.74 bits per heavy atom. The van der Waals surface area contributed by atoms with Gasteiger partial charge in [0.25, 0.3) is 0 Å². The van der Waals surface area contributed by atoms with Crippen LogP contribution in [-0.4, -0.2) is 40.5 Å². The minimum atomic E-state index is -0.425. The first-order valence-corrected chi connectivity index (χ1v) is 7.81. The molecule has 0 unspecified atom stereocenters. The molecule has 0 aromatic heterocycles. The van der Waals surface area contributed by atoms with Crippen molar-refractivity contribution in [3.63, 3.8) is 0 Å². The quantitative estimate of drug-likeness (QED) is 0.638. The number of halogens is 1. The molecule has 0 aromatic rings. The lowest BCUT2D eigenvalue weighted by Crippen LogP contribution is -2.38. The second-order valence-corrected chi connectivity index (χ2v) is 6.37. The lowest BCUT2D eigenvalue weighted by molar-refractivity contribution is -0.0532.